The highest BCUT2D eigenvalue weighted by atomic mass is 79.9. The number of halogens is 1. The van der Waals surface area contributed by atoms with E-state index in [1.807, 2.05) is 18.2 Å². The van der Waals surface area contributed by atoms with Gasteiger partial charge in [0.05, 0.1) is 11.3 Å². The lowest BCUT2D eigenvalue weighted by Gasteiger charge is -2.02. The molecular formula is C19H11BrN2O3S. The van der Waals surface area contributed by atoms with Gasteiger partial charge in [0.15, 0.2) is 5.13 Å². The molecule has 2 aromatic heterocycles. The predicted molar refractivity (Wildman–Crippen MR) is 106 cm³/mol. The molecule has 2 aromatic carbocycles. The zero-order chi connectivity index (χ0) is 18.1. The van der Waals surface area contributed by atoms with Crippen molar-refractivity contribution in [3.63, 3.8) is 0 Å². The van der Waals surface area contributed by atoms with Crippen LogP contribution in [0.4, 0.5) is 5.13 Å². The van der Waals surface area contributed by atoms with Crippen LogP contribution in [-0.2, 0) is 0 Å². The molecule has 0 aliphatic carbocycles. The third kappa shape index (κ3) is 3.31. The Kier molecular flexibility index (Phi) is 4.40. The van der Waals surface area contributed by atoms with Crippen molar-refractivity contribution in [3.8, 4) is 11.3 Å². The zero-order valence-electron chi connectivity index (χ0n) is 13.2. The Bertz CT molecular complexity index is 1170. The fourth-order valence-electron chi connectivity index (χ4n) is 2.47. The van der Waals surface area contributed by atoms with Crippen LogP contribution in [0.3, 0.4) is 0 Å². The minimum atomic E-state index is -0.459. The molecule has 5 nitrogen and oxygen atoms in total. The summed E-state index contributed by atoms with van der Waals surface area (Å²) in [6, 6.07) is 16.1. The van der Waals surface area contributed by atoms with Gasteiger partial charge in [-0.05, 0) is 36.4 Å². The highest BCUT2D eigenvalue weighted by Gasteiger charge is 2.13. The molecule has 0 atom stereocenters. The van der Waals surface area contributed by atoms with E-state index in [-0.39, 0.29) is 5.91 Å². The number of para-hydroxylation sites is 1. The second-order valence-corrected chi connectivity index (χ2v) is 7.26. The monoisotopic (exact) mass is 426 g/mol. The first kappa shape index (κ1) is 16.7. The number of thiazole rings is 1. The number of carbonyl (C=O) groups excluding carboxylic acids is 1. The van der Waals surface area contributed by atoms with Crippen molar-refractivity contribution in [3.05, 3.63) is 80.4 Å². The van der Waals surface area contributed by atoms with Gasteiger partial charge in [-0.1, -0.05) is 34.1 Å². The van der Waals surface area contributed by atoms with E-state index in [1.54, 1.807) is 41.8 Å². The Morgan fingerprint density at radius 1 is 1.12 bits per heavy atom. The first-order valence-electron chi connectivity index (χ1n) is 7.66. The molecular weight excluding hydrogens is 416 g/mol. The number of nitrogens with zero attached hydrogens (tertiary/aromatic N) is 1. The predicted octanol–water partition coefficient (Wildman–Crippen LogP) is 4.93. The van der Waals surface area contributed by atoms with Crippen LogP contribution in [0.15, 0.2) is 73.7 Å². The van der Waals surface area contributed by atoms with E-state index < -0.39 is 5.63 Å². The molecule has 7 heteroatoms. The van der Waals surface area contributed by atoms with Gasteiger partial charge in [-0.25, -0.2) is 9.78 Å². The molecule has 0 aliphatic rings. The number of anilines is 1. The first-order chi connectivity index (χ1) is 12.6. The van der Waals surface area contributed by atoms with Crippen molar-refractivity contribution in [2.75, 3.05) is 5.32 Å². The van der Waals surface area contributed by atoms with Crippen LogP contribution >= 0.6 is 27.3 Å². The quantitative estimate of drug-likeness (QED) is 0.471. The van der Waals surface area contributed by atoms with Gasteiger partial charge in [-0.2, -0.15) is 0 Å². The van der Waals surface area contributed by atoms with Gasteiger partial charge in [0.2, 0.25) is 0 Å². The smallest absolute Gasteiger partial charge is 0.345 e. The molecule has 2 heterocycles. The van der Waals surface area contributed by atoms with Gasteiger partial charge in [0.25, 0.3) is 5.91 Å². The minimum absolute atomic E-state index is 0.260. The van der Waals surface area contributed by atoms with Crippen LogP contribution in [0.1, 0.15) is 10.4 Å². The van der Waals surface area contributed by atoms with E-state index in [0.717, 1.165) is 9.86 Å². The number of fused-ring (bicyclic) bond motifs is 1. The summed E-state index contributed by atoms with van der Waals surface area (Å²) >= 11 is 4.59. The third-order valence-electron chi connectivity index (χ3n) is 3.75. The number of hydrogen-bond donors (Lipinski definition) is 1. The van der Waals surface area contributed by atoms with E-state index >= 15 is 0 Å². The maximum Gasteiger partial charge on any atom is 0.345 e. The SMILES string of the molecule is O=C(Nc1nc(-c2cc3ccccc3oc2=O)cs1)c1ccc(Br)cc1. The molecule has 0 bridgehead atoms. The van der Waals surface area contributed by atoms with Crippen molar-refractivity contribution < 1.29 is 9.21 Å². The minimum Gasteiger partial charge on any atom is -0.422 e. The molecule has 0 aliphatic heterocycles. The maximum atomic E-state index is 12.3. The van der Waals surface area contributed by atoms with Gasteiger partial charge in [0, 0.05) is 20.8 Å². The molecule has 0 spiro atoms. The average molecular weight is 427 g/mol. The lowest BCUT2D eigenvalue weighted by Crippen LogP contribution is -2.11. The molecule has 26 heavy (non-hydrogen) atoms. The number of amides is 1. The number of rotatable bonds is 3. The summed E-state index contributed by atoms with van der Waals surface area (Å²) in [5, 5.41) is 5.70. The largest absolute Gasteiger partial charge is 0.422 e. The molecule has 0 fully saturated rings. The standard InChI is InChI=1S/C19H11BrN2O3S/c20-13-7-5-11(6-8-13)17(23)22-19-21-15(10-26-19)14-9-12-3-1-2-4-16(12)25-18(14)24/h1-10H,(H,21,22,23). The lowest BCUT2D eigenvalue weighted by molar-refractivity contribution is 0.102. The van der Waals surface area contributed by atoms with Crippen molar-refractivity contribution >= 4 is 49.3 Å². The Balaban J connectivity index is 1.62. The van der Waals surface area contributed by atoms with E-state index in [4.69, 9.17) is 4.42 Å². The second-order valence-electron chi connectivity index (χ2n) is 5.48. The van der Waals surface area contributed by atoms with Crippen molar-refractivity contribution in [1.29, 1.82) is 0 Å². The summed E-state index contributed by atoms with van der Waals surface area (Å²) < 4.78 is 6.23. The first-order valence-corrected chi connectivity index (χ1v) is 9.33. The third-order valence-corrected chi connectivity index (χ3v) is 5.03. The number of carbonyl (C=O) groups is 1. The van der Waals surface area contributed by atoms with Crippen LogP contribution < -0.4 is 10.9 Å². The summed E-state index contributed by atoms with van der Waals surface area (Å²) in [5.41, 5.74) is 1.43. The summed E-state index contributed by atoms with van der Waals surface area (Å²) in [6.07, 6.45) is 0. The highest BCUT2D eigenvalue weighted by molar-refractivity contribution is 9.10. The second kappa shape index (κ2) is 6.86. The van der Waals surface area contributed by atoms with Gasteiger partial charge in [-0.3, -0.25) is 10.1 Å². The fraction of sp³-hybridized carbons (Fsp3) is 0. The van der Waals surface area contributed by atoms with Gasteiger partial charge in [0.1, 0.15) is 5.58 Å². The molecule has 0 saturated carbocycles. The van der Waals surface area contributed by atoms with E-state index in [9.17, 15) is 9.59 Å². The molecule has 0 saturated heterocycles. The summed E-state index contributed by atoms with van der Waals surface area (Å²) in [7, 11) is 0. The summed E-state index contributed by atoms with van der Waals surface area (Å²) in [4.78, 5) is 28.8. The maximum absolute atomic E-state index is 12.3. The topological polar surface area (TPSA) is 72.2 Å². The van der Waals surface area contributed by atoms with Gasteiger partial charge >= 0.3 is 5.63 Å². The molecule has 1 N–H and O–H groups in total. The lowest BCUT2D eigenvalue weighted by atomic mass is 10.1. The normalized spacial score (nSPS) is 10.8. The molecule has 128 valence electrons. The van der Waals surface area contributed by atoms with Crippen LogP contribution in [0.5, 0.6) is 0 Å². The Morgan fingerprint density at radius 3 is 2.69 bits per heavy atom. The van der Waals surface area contributed by atoms with Crippen LogP contribution in [0, 0.1) is 0 Å². The summed E-state index contributed by atoms with van der Waals surface area (Å²) in [6.45, 7) is 0. The Labute approximate surface area is 160 Å². The molecule has 0 unspecified atom stereocenters. The Morgan fingerprint density at radius 2 is 1.88 bits per heavy atom. The van der Waals surface area contributed by atoms with Gasteiger partial charge in [-0.15, -0.1) is 11.3 Å². The van der Waals surface area contributed by atoms with Crippen LogP contribution in [0.25, 0.3) is 22.2 Å². The molecule has 4 rings (SSSR count). The molecule has 1 amide bonds. The van der Waals surface area contributed by atoms with Crippen molar-refractivity contribution in [2.24, 2.45) is 0 Å². The van der Waals surface area contributed by atoms with Crippen LogP contribution in [-0.4, -0.2) is 10.9 Å². The highest BCUT2D eigenvalue weighted by Crippen LogP contribution is 2.25. The fourth-order valence-corrected chi connectivity index (χ4v) is 3.44. The molecule has 4 aromatic rings. The summed E-state index contributed by atoms with van der Waals surface area (Å²) in [5.74, 6) is -0.260. The number of nitrogens with one attached hydrogen (secondary N) is 1. The number of hydrogen-bond acceptors (Lipinski definition) is 5. The van der Waals surface area contributed by atoms with Crippen LogP contribution in [0.2, 0.25) is 0 Å². The Hall–Kier alpha value is -2.77. The number of aromatic nitrogens is 1. The zero-order valence-corrected chi connectivity index (χ0v) is 15.6. The van der Waals surface area contributed by atoms with E-state index in [2.05, 4.69) is 26.2 Å². The van der Waals surface area contributed by atoms with Crippen molar-refractivity contribution in [2.45, 2.75) is 0 Å². The van der Waals surface area contributed by atoms with E-state index in [0.29, 0.717) is 27.5 Å². The average Bonchev–Trinajstić information content (AvgIpc) is 3.10. The van der Waals surface area contributed by atoms with Gasteiger partial charge < -0.3 is 4.42 Å². The van der Waals surface area contributed by atoms with Crippen molar-refractivity contribution in [1.82, 2.24) is 4.98 Å². The van der Waals surface area contributed by atoms with E-state index in [1.165, 1.54) is 11.3 Å². The number of benzene rings is 2. The molecule has 0 radical (unpaired) electrons.